The van der Waals surface area contributed by atoms with Crippen LogP contribution in [0.4, 0.5) is 0 Å². The minimum absolute atomic E-state index is 0.327. The van der Waals surface area contributed by atoms with Crippen molar-refractivity contribution in [2.24, 2.45) is 0 Å². The number of hydrogen-bond acceptors (Lipinski definition) is 3. The van der Waals surface area contributed by atoms with Crippen LogP contribution in [0.1, 0.15) is 5.69 Å². The summed E-state index contributed by atoms with van der Waals surface area (Å²) in [6.45, 7) is 0. The van der Waals surface area contributed by atoms with Crippen molar-refractivity contribution in [1.29, 1.82) is 5.26 Å². The lowest BCUT2D eigenvalue weighted by Gasteiger charge is -1.86. The number of fused-ring (bicyclic) bond motifs is 1. The van der Waals surface area contributed by atoms with Gasteiger partial charge in [-0.2, -0.15) is 10.4 Å². The average Bonchev–Trinajstić information content (AvgIpc) is 2.94. The highest BCUT2D eigenvalue weighted by atomic mass is 16.3. The van der Waals surface area contributed by atoms with Crippen molar-refractivity contribution in [2.45, 2.75) is 6.42 Å². The molecule has 1 N–H and O–H groups in total. The van der Waals surface area contributed by atoms with Crippen molar-refractivity contribution in [3.8, 4) is 17.5 Å². The molecule has 3 rings (SSSR count). The summed E-state index contributed by atoms with van der Waals surface area (Å²) in [5.74, 6) is 0.714. The van der Waals surface area contributed by atoms with Crippen molar-refractivity contribution in [3.63, 3.8) is 0 Å². The number of benzene rings is 1. The van der Waals surface area contributed by atoms with Crippen LogP contribution in [0.25, 0.3) is 22.4 Å². The zero-order chi connectivity index (χ0) is 11.7. The molecule has 0 bridgehead atoms. The van der Waals surface area contributed by atoms with Crippen LogP contribution in [-0.4, -0.2) is 10.2 Å². The van der Waals surface area contributed by atoms with Crippen LogP contribution >= 0.6 is 0 Å². The molecule has 4 nitrogen and oxygen atoms in total. The first-order chi connectivity index (χ1) is 8.36. The summed E-state index contributed by atoms with van der Waals surface area (Å²) in [4.78, 5) is 0. The first-order valence-electron chi connectivity index (χ1n) is 5.27. The lowest BCUT2D eigenvalue weighted by molar-refractivity contribution is 0.628. The first kappa shape index (κ1) is 9.67. The predicted molar refractivity (Wildman–Crippen MR) is 63.1 cm³/mol. The van der Waals surface area contributed by atoms with Gasteiger partial charge < -0.3 is 4.42 Å². The lowest BCUT2D eigenvalue weighted by atomic mass is 10.2. The molecule has 17 heavy (non-hydrogen) atoms. The summed E-state index contributed by atoms with van der Waals surface area (Å²) in [6.07, 6.45) is 0.327. The van der Waals surface area contributed by atoms with Crippen molar-refractivity contribution in [3.05, 3.63) is 42.1 Å². The number of H-pyrrole nitrogens is 1. The number of rotatable bonds is 2. The van der Waals surface area contributed by atoms with Gasteiger partial charge in [-0.1, -0.05) is 18.2 Å². The number of furan rings is 1. The second-order valence-corrected chi connectivity index (χ2v) is 3.76. The summed E-state index contributed by atoms with van der Waals surface area (Å²) in [6, 6.07) is 13.7. The van der Waals surface area contributed by atoms with E-state index >= 15 is 0 Å². The molecule has 0 aliphatic heterocycles. The minimum Gasteiger partial charge on any atom is -0.454 e. The van der Waals surface area contributed by atoms with E-state index in [1.165, 1.54) is 0 Å². The minimum atomic E-state index is 0.327. The van der Waals surface area contributed by atoms with Crippen LogP contribution in [0.2, 0.25) is 0 Å². The molecule has 0 aliphatic rings. The molecule has 0 saturated carbocycles. The number of aromatic amines is 1. The average molecular weight is 223 g/mol. The fraction of sp³-hybridized carbons (Fsp3) is 0.0769. The molecular weight excluding hydrogens is 214 g/mol. The Morgan fingerprint density at radius 2 is 2.18 bits per heavy atom. The molecule has 0 radical (unpaired) electrons. The van der Waals surface area contributed by atoms with Gasteiger partial charge in [-0.05, 0) is 18.2 Å². The van der Waals surface area contributed by atoms with Crippen LogP contribution in [0.15, 0.2) is 40.8 Å². The zero-order valence-electron chi connectivity index (χ0n) is 8.97. The quantitative estimate of drug-likeness (QED) is 0.726. The van der Waals surface area contributed by atoms with Gasteiger partial charge in [0.15, 0.2) is 5.76 Å². The predicted octanol–water partition coefficient (Wildman–Crippen LogP) is 2.89. The van der Waals surface area contributed by atoms with Gasteiger partial charge in [0, 0.05) is 5.39 Å². The van der Waals surface area contributed by atoms with Crippen molar-refractivity contribution in [2.75, 3.05) is 0 Å². The third-order valence-electron chi connectivity index (χ3n) is 2.58. The summed E-state index contributed by atoms with van der Waals surface area (Å²) < 4.78 is 5.68. The van der Waals surface area contributed by atoms with Gasteiger partial charge in [-0.15, -0.1) is 0 Å². The second kappa shape index (κ2) is 3.80. The Morgan fingerprint density at radius 1 is 1.29 bits per heavy atom. The van der Waals surface area contributed by atoms with E-state index in [9.17, 15) is 0 Å². The summed E-state index contributed by atoms with van der Waals surface area (Å²) in [7, 11) is 0. The summed E-state index contributed by atoms with van der Waals surface area (Å²) in [5.41, 5.74) is 2.36. The largest absolute Gasteiger partial charge is 0.454 e. The van der Waals surface area contributed by atoms with Gasteiger partial charge in [0.2, 0.25) is 0 Å². The third-order valence-corrected chi connectivity index (χ3v) is 2.58. The van der Waals surface area contributed by atoms with Gasteiger partial charge in [-0.3, -0.25) is 5.10 Å². The fourth-order valence-electron chi connectivity index (χ4n) is 1.77. The Hall–Kier alpha value is -2.54. The van der Waals surface area contributed by atoms with Crippen LogP contribution in [0, 0.1) is 11.3 Å². The maximum absolute atomic E-state index is 8.59. The van der Waals surface area contributed by atoms with Crippen molar-refractivity contribution >= 4 is 11.0 Å². The SMILES string of the molecule is N#CCc1cc(-c2cc3ccccc3o2)n[nH]1. The molecule has 0 aliphatic carbocycles. The maximum Gasteiger partial charge on any atom is 0.155 e. The molecule has 0 fully saturated rings. The van der Waals surface area contributed by atoms with E-state index in [-0.39, 0.29) is 0 Å². The maximum atomic E-state index is 8.59. The highest BCUT2D eigenvalue weighted by molar-refractivity contribution is 5.82. The number of aromatic nitrogens is 2. The number of hydrogen-bond donors (Lipinski definition) is 1. The van der Waals surface area contributed by atoms with Gasteiger partial charge >= 0.3 is 0 Å². The monoisotopic (exact) mass is 223 g/mol. The van der Waals surface area contributed by atoms with Crippen LogP contribution < -0.4 is 0 Å². The molecule has 2 aromatic heterocycles. The van der Waals surface area contributed by atoms with Gasteiger partial charge in [0.05, 0.1) is 18.2 Å². The molecular formula is C13H9N3O. The molecule has 0 amide bonds. The summed E-state index contributed by atoms with van der Waals surface area (Å²) in [5, 5.41) is 16.6. The first-order valence-corrected chi connectivity index (χ1v) is 5.27. The van der Waals surface area contributed by atoms with E-state index in [1.807, 2.05) is 36.4 Å². The second-order valence-electron chi connectivity index (χ2n) is 3.76. The Balaban J connectivity index is 2.05. The van der Waals surface area contributed by atoms with Crippen LogP contribution in [0.5, 0.6) is 0 Å². The molecule has 82 valence electrons. The number of para-hydroxylation sites is 1. The van der Waals surface area contributed by atoms with E-state index in [4.69, 9.17) is 9.68 Å². The molecule has 0 spiro atoms. The van der Waals surface area contributed by atoms with Crippen LogP contribution in [0.3, 0.4) is 0 Å². The smallest absolute Gasteiger partial charge is 0.155 e. The van der Waals surface area contributed by atoms with E-state index in [1.54, 1.807) is 0 Å². The Labute approximate surface area is 97.5 Å². The van der Waals surface area contributed by atoms with Gasteiger partial charge in [0.25, 0.3) is 0 Å². The van der Waals surface area contributed by atoms with E-state index in [0.29, 0.717) is 12.2 Å². The van der Waals surface area contributed by atoms with E-state index < -0.39 is 0 Å². The number of nitriles is 1. The van der Waals surface area contributed by atoms with E-state index in [2.05, 4.69) is 16.3 Å². The van der Waals surface area contributed by atoms with Crippen LogP contribution in [-0.2, 0) is 6.42 Å². The molecule has 1 aromatic carbocycles. The molecule has 0 saturated heterocycles. The van der Waals surface area contributed by atoms with E-state index in [0.717, 1.165) is 22.4 Å². The molecule has 3 aromatic rings. The van der Waals surface area contributed by atoms with Crippen molar-refractivity contribution < 1.29 is 4.42 Å². The number of nitrogens with zero attached hydrogens (tertiary/aromatic N) is 2. The third kappa shape index (κ3) is 1.68. The van der Waals surface area contributed by atoms with Crippen molar-refractivity contribution in [1.82, 2.24) is 10.2 Å². The molecule has 0 atom stereocenters. The standard InChI is InChI=1S/C13H9N3O/c14-6-5-10-8-11(16-15-10)13-7-9-3-1-2-4-12(9)17-13/h1-4,7-8H,5H2,(H,15,16). The lowest BCUT2D eigenvalue weighted by Crippen LogP contribution is -1.78. The molecule has 2 heterocycles. The Kier molecular flexibility index (Phi) is 2.16. The molecule has 0 unspecified atom stereocenters. The highest BCUT2D eigenvalue weighted by Gasteiger charge is 2.09. The highest BCUT2D eigenvalue weighted by Crippen LogP contribution is 2.26. The topological polar surface area (TPSA) is 65.6 Å². The Bertz CT molecular complexity index is 670. The number of nitrogens with one attached hydrogen (secondary N) is 1. The van der Waals surface area contributed by atoms with Gasteiger partial charge in [-0.25, -0.2) is 0 Å². The normalized spacial score (nSPS) is 10.5. The van der Waals surface area contributed by atoms with Gasteiger partial charge in [0.1, 0.15) is 11.3 Å². The molecule has 4 heteroatoms. The summed E-state index contributed by atoms with van der Waals surface area (Å²) >= 11 is 0. The fourth-order valence-corrected chi connectivity index (χ4v) is 1.77. The zero-order valence-corrected chi connectivity index (χ0v) is 8.97. The Morgan fingerprint density at radius 3 is 3.00 bits per heavy atom.